The summed E-state index contributed by atoms with van der Waals surface area (Å²) < 4.78 is 19.1. The van der Waals surface area contributed by atoms with Gasteiger partial charge in [0.1, 0.15) is 11.3 Å². The van der Waals surface area contributed by atoms with Crippen LogP contribution in [-0.4, -0.2) is 17.3 Å². The van der Waals surface area contributed by atoms with E-state index in [1.165, 1.54) is 30.0 Å². The van der Waals surface area contributed by atoms with Crippen molar-refractivity contribution in [3.8, 4) is 11.5 Å². The van der Waals surface area contributed by atoms with Gasteiger partial charge in [-0.05, 0) is 43.0 Å². The standard InChI is InChI=1S/C15H13FO3S/c1-9-6-7-10(16)12(8-9)19-11-4-3-5-13(20-2)14(11)15(17)18/h3-8H,1-2H3,(H,17,18). The van der Waals surface area contributed by atoms with Crippen LogP contribution in [0.15, 0.2) is 41.3 Å². The minimum Gasteiger partial charge on any atom is -0.478 e. The Morgan fingerprint density at radius 1 is 1.25 bits per heavy atom. The molecular formula is C15H13FO3S. The van der Waals surface area contributed by atoms with Crippen molar-refractivity contribution in [3.63, 3.8) is 0 Å². The second-order valence-corrected chi connectivity index (χ2v) is 5.02. The van der Waals surface area contributed by atoms with E-state index < -0.39 is 11.8 Å². The van der Waals surface area contributed by atoms with Gasteiger partial charge in [-0.1, -0.05) is 12.1 Å². The number of carboxylic acid groups (broad SMARTS) is 1. The van der Waals surface area contributed by atoms with E-state index in [4.69, 9.17) is 4.74 Å². The smallest absolute Gasteiger partial charge is 0.340 e. The highest BCUT2D eigenvalue weighted by molar-refractivity contribution is 7.98. The van der Waals surface area contributed by atoms with E-state index in [0.717, 1.165) is 5.56 Å². The Balaban J connectivity index is 2.48. The lowest BCUT2D eigenvalue weighted by atomic mass is 10.2. The molecule has 0 spiro atoms. The predicted molar refractivity (Wildman–Crippen MR) is 76.4 cm³/mol. The second-order valence-electron chi connectivity index (χ2n) is 4.17. The maximum atomic E-state index is 13.7. The Hall–Kier alpha value is -2.01. The van der Waals surface area contributed by atoms with Crippen LogP contribution in [0.3, 0.4) is 0 Å². The minimum atomic E-state index is -1.10. The molecule has 0 fully saturated rings. The first-order valence-electron chi connectivity index (χ1n) is 5.87. The zero-order valence-corrected chi connectivity index (χ0v) is 11.8. The third kappa shape index (κ3) is 2.93. The Kier molecular flexibility index (Phi) is 4.29. The molecule has 0 aliphatic heterocycles. The third-order valence-corrected chi connectivity index (χ3v) is 3.51. The highest BCUT2D eigenvalue weighted by Gasteiger charge is 2.18. The predicted octanol–water partition coefficient (Wildman–Crippen LogP) is 4.35. The number of aryl methyl sites for hydroxylation is 1. The number of carbonyl (C=O) groups is 1. The maximum Gasteiger partial charge on any atom is 0.340 e. The van der Waals surface area contributed by atoms with Crippen molar-refractivity contribution >= 4 is 17.7 Å². The summed E-state index contributed by atoms with van der Waals surface area (Å²) in [6, 6.07) is 9.34. The molecule has 0 aromatic heterocycles. The largest absolute Gasteiger partial charge is 0.478 e. The molecule has 0 saturated carbocycles. The molecule has 0 bridgehead atoms. The van der Waals surface area contributed by atoms with Gasteiger partial charge in [-0.2, -0.15) is 0 Å². The van der Waals surface area contributed by atoms with E-state index in [9.17, 15) is 14.3 Å². The van der Waals surface area contributed by atoms with Gasteiger partial charge in [-0.25, -0.2) is 9.18 Å². The van der Waals surface area contributed by atoms with Crippen LogP contribution < -0.4 is 4.74 Å². The summed E-state index contributed by atoms with van der Waals surface area (Å²) in [5, 5.41) is 9.29. The fourth-order valence-corrected chi connectivity index (χ4v) is 2.39. The third-order valence-electron chi connectivity index (χ3n) is 2.73. The average Bonchev–Trinajstić information content (AvgIpc) is 2.42. The van der Waals surface area contributed by atoms with Crippen molar-refractivity contribution in [1.82, 2.24) is 0 Å². The Bertz CT molecular complexity index is 656. The Morgan fingerprint density at radius 3 is 2.65 bits per heavy atom. The molecule has 2 rings (SSSR count). The lowest BCUT2D eigenvalue weighted by Gasteiger charge is -2.12. The lowest BCUT2D eigenvalue weighted by Crippen LogP contribution is -2.03. The van der Waals surface area contributed by atoms with Gasteiger partial charge in [0, 0.05) is 4.90 Å². The van der Waals surface area contributed by atoms with Crippen molar-refractivity contribution in [2.45, 2.75) is 11.8 Å². The maximum absolute atomic E-state index is 13.7. The highest BCUT2D eigenvalue weighted by Crippen LogP contribution is 2.33. The van der Waals surface area contributed by atoms with Crippen molar-refractivity contribution in [1.29, 1.82) is 0 Å². The number of thioether (sulfide) groups is 1. The quantitative estimate of drug-likeness (QED) is 0.851. The number of benzene rings is 2. The van der Waals surface area contributed by atoms with Gasteiger partial charge in [0.05, 0.1) is 0 Å². The number of hydrogen-bond donors (Lipinski definition) is 1. The van der Waals surface area contributed by atoms with Crippen molar-refractivity contribution in [2.75, 3.05) is 6.26 Å². The van der Waals surface area contributed by atoms with Crippen LogP contribution >= 0.6 is 11.8 Å². The van der Waals surface area contributed by atoms with E-state index in [0.29, 0.717) is 4.90 Å². The Labute approximate surface area is 120 Å². The molecule has 104 valence electrons. The molecule has 0 aliphatic carbocycles. The molecule has 5 heteroatoms. The zero-order valence-electron chi connectivity index (χ0n) is 11.0. The average molecular weight is 292 g/mol. The summed E-state index contributed by atoms with van der Waals surface area (Å²) in [4.78, 5) is 11.9. The molecule has 0 radical (unpaired) electrons. The van der Waals surface area contributed by atoms with Crippen molar-refractivity contribution in [2.24, 2.45) is 0 Å². The first-order chi connectivity index (χ1) is 9.52. The summed E-state index contributed by atoms with van der Waals surface area (Å²) in [6.07, 6.45) is 1.78. The second kappa shape index (κ2) is 5.96. The van der Waals surface area contributed by atoms with Gasteiger partial charge in [0.25, 0.3) is 0 Å². The molecule has 20 heavy (non-hydrogen) atoms. The molecule has 0 aliphatic rings. The number of hydrogen-bond acceptors (Lipinski definition) is 3. The molecule has 0 amide bonds. The summed E-state index contributed by atoms with van der Waals surface area (Å²) >= 11 is 1.30. The molecule has 0 atom stereocenters. The van der Waals surface area contributed by atoms with E-state index in [-0.39, 0.29) is 17.1 Å². The van der Waals surface area contributed by atoms with Gasteiger partial charge in [-0.3, -0.25) is 0 Å². The van der Waals surface area contributed by atoms with E-state index in [1.807, 2.05) is 6.92 Å². The van der Waals surface area contributed by atoms with E-state index in [2.05, 4.69) is 0 Å². The number of ether oxygens (including phenoxy) is 1. The van der Waals surface area contributed by atoms with Gasteiger partial charge < -0.3 is 9.84 Å². The molecule has 2 aromatic rings. The SMILES string of the molecule is CSc1cccc(Oc2cc(C)ccc2F)c1C(=O)O. The van der Waals surface area contributed by atoms with E-state index >= 15 is 0 Å². The molecule has 0 heterocycles. The lowest BCUT2D eigenvalue weighted by molar-refractivity contribution is 0.0690. The van der Waals surface area contributed by atoms with Crippen LogP contribution in [0.25, 0.3) is 0 Å². The first-order valence-corrected chi connectivity index (χ1v) is 7.09. The van der Waals surface area contributed by atoms with Crippen LogP contribution in [-0.2, 0) is 0 Å². The number of halogens is 1. The van der Waals surface area contributed by atoms with Gasteiger partial charge in [0.2, 0.25) is 0 Å². The monoisotopic (exact) mass is 292 g/mol. The van der Waals surface area contributed by atoms with Gasteiger partial charge in [0.15, 0.2) is 11.6 Å². The molecular weight excluding hydrogens is 279 g/mol. The van der Waals surface area contributed by atoms with Crippen LogP contribution in [0.4, 0.5) is 4.39 Å². The fourth-order valence-electron chi connectivity index (χ4n) is 1.78. The van der Waals surface area contributed by atoms with Crippen molar-refractivity contribution in [3.05, 3.63) is 53.3 Å². The minimum absolute atomic E-state index is 0.0192. The summed E-state index contributed by atoms with van der Waals surface area (Å²) in [5.74, 6) is -1.47. The van der Waals surface area contributed by atoms with E-state index in [1.54, 1.807) is 24.5 Å². The summed E-state index contributed by atoms with van der Waals surface area (Å²) in [5.41, 5.74) is 0.875. The summed E-state index contributed by atoms with van der Waals surface area (Å²) in [7, 11) is 0. The van der Waals surface area contributed by atoms with Crippen LogP contribution in [0.2, 0.25) is 0 Å². The fraction of sp³-hybridized carbons (Fsp3) is 0.133. The Morgan fingerprint density at radius 2 is 2.00 bits per heavy atom. The molecule has 3 nitrogen and oxygen atoms in total. The highest BCUT2D eigenvalue weighted by atomic mass is 32.2. The summed E-state index contributed by atoms with van der Waals surface area (Å²) in [6.45, 7) is 1.81. The molecule has 0 unspecified atom stereocenters. The topological polar surface area (TPSA) is 46.5 Å². The van der Waals surface area contributed by atoms with Crippen LogP contribution in [0.1, 0.15) is 15.9 Å². The van der Waals surface area contributed by atoms with Gasteiger partial charge >= 0.3 is 5.97 Å². The van der Waals surface area contributed by atoms with Crippen molar-refractivity contribution < 1.29 is 19.0 Å². The molecule has 0 saturated heterocycles. The molecule has 1 N–H and O–H groups in total. The number of rotatable bonds is 4. The van der Waals surface area contributed by atoms with Gasteiger partial charge in [-0.15, -0.1) is 11.8 Å². The number of carboxylic acids is 1. The first kappa shape index (κ1) is 14.4. The number of aromatic carboxylic acids is 1. The zero-order chi connectivity index (χ0) is 14.7. The normalized spacial score (nSPS) is 10.3. The van der Waals surface area contributed by atoms with Crippen LogP contribution in [0.5, 0.6) is 11.5 Å². The molecule has 2 aromatic carbocycles. The van der Waals surface area contributed by atoms with Crippen LogP contribution in [0, 0.1) is 12.7 Å².